The second-order valence-electron chi connectivity index (χ2n) is 5.84. The van der Waals surface area contributed by atoms with Gasteiger partial charge in [-0.05, 0) is 34.0 Å². The van der Waals surface area contributed by atoms with Gasteiger partial charge in [-0.25, -0.2) is 0 Å². The van der Waals surface area contributed by atoms with Crippen molar-refractivity contribution in [2.24, 2.45) is 0 Å². The van der Waals surface area contributed by atoms with Gasteiger partial charge in [0.05, 0.1) is 0 Å². The molecule has 25 heavy (non-hydrogen) atoms. The van der Waals surface area contributed by atoms with E-state index in [1.807, 2.05) is 78.9 Å². The van der Waals surface area contributed by atoms with Crippen LogP contribution >= 0.6 is 0 Å². The first kappa shape index (κ1) is 14.9. The molecule has 4 rings (SSSR count). The van der Waals surface area contributed by atoms with E-state index in [0.29, 0.717) is 11.3 Å². The van der Waals surface area contributed by atoms with Crippen LogP contribution in [0.3, 0.4) is 0 Å². The second-order valence-corrected chi connectivity index (χ2v) is 5.84. The van der Waals surface area contributed by atoms with Gasteiger partial charge >= 0.3 is 0 Å². The maximum atomic E-state index is 12.4. The van der Waals surface area contributed by atoms with Crippen LogP contribution in [0.5, 0.6) is 0 Å². The summed E-state index contributed by atoms with van der Waals surface area (Å²) in [6.45, 7) is 0. The molecule has 118 valence electrons. The lowest BCUT2D eigenvalue weighted by Crippen LogP contribution is -2.12. The van der Waals surface area contributed by atoms with Crippen LogP contribution in [0.15, 0.2) is 83.7 Å². The molecule has 0 aliphatic carbocycles. The van der Waals surface area contributed by atoms with Crippen LogP contribution in [0.2, 0.25) is 0 Å². The molecule has 1 N–H and O–H groups in total. The molecule has 0 aliphatic heterocycles. The van der Waals surface area contributed by atoms with Crippen molar-refractivity contribution >= 4 is 10.8 Å². The van der Waals surface area contributed by atoms with Crippen molar-refractivity contribution in [2.75, 3.05) is 0 Å². The van der Waals surface area contributed by atoms with E-state index in [1.54, 1.807) is 0 Å². The van der Waals surface area contributed by atoms with E-state index in [9.17, 15) is 10.1 Å². The Hall–Kier alpha value is -3.64. The van der Waals surface area contributed by atoms with Gasteiger partial charge in [0.15, 0.2) is 0 Å². The Kier molecular flexibility index (Phi) is 3.64. The topological polar surface area (TPSA) is 56.6 Å². The number of rotatable bonds is 2. The molecule has 4 aromatic rings. The number of nitrogens with zero attached hydrogens (tertiary/aromatic N) is 1. The molecule has 0 fully saturated rings. The van der Waals surface area contributed by atoms with Crippen LogP contribution in [0.4, 0.5) is 0 Å². The van der Waals surface area contributed by atoms with Gasteiger partial charge < -0.3 is 4.98 Å². The normalized spacial score (nSPS) is 10.5. The van der Waals surface area contributed by atoms with Crippen molar-refractivity contribution < 1.29 is 0 Å². The molecule has 0 saturated heterocycles. The Balaban J connectivity index is 1.95. The van der Waals surface area contributed by atoms with E-state index < -0.39 is 0 Å². The molecule has 3 heteroatoms. The molecule has 1 aromatic heterocycles. The predicted molar refractivity (Wildman–Crippen MR) is 100 cm³/mol. The number of pyridine rings is 1. The van der Waals surface area contributed by atoms with Gasteiger partial charge in [-0.2, -0.15) is 5.26 Å². The van der Waals surface area contributed by atoms with E-state index in [4.69, 9.17) is 0 Å². The quantitative estimate of drug-likeness (QED) is 0.580. The summed E-state index contributed by atoms with van der Waals surface area (Å²) in [6.07, 6.45) is 0. The fourth-order valence-corrected chi connectivity index (χ4v) is 3.03. The number of H-pyrrole nitrogens is 1. The summed E-state index contributed by atoms with van der Waals surface area (Å²) in [6, 6.07) is 27.5. The SMILES string of the molecule is N#Cc1c(-c2ccccc2)cc(-c2ccc3ccccc3c2)[nH]c1=O. The van der Waals surface area contributed by atoms with Crippen molar-refractivity contribution in [3.05, 3.63) is 94.8 Å². The Morgan fingerprint density at radius 3 is 2.24 bits per heavy atom. The van der Waals surface area contributed by atoms with Gasteiger partial charge in [0.25, 0.3) is 5.56 Å². The summed E-state index contributed by atoms with van der Waals surface area (Å²) in [5, 5.41) is 11.6. The number of hydrogen-bond donors (Lipinski definition) is 1. The summed E-state index contributed by atoms with van der Waals surface area (Å²) in [4.78, 5) is 15.3. The van der Waals surface area contributed by atoms with Crippen LogP contribution in [0, 0.1) is 11.3 Å². The van der Waals surface area contributed by atoms with Gasteiger partial charge in [-0.1, -0.05) is 66.7 Å². The van der Waals surface area contributed by atoms with Gasteiger partial charge in [-0.3, -0.25) is 4.79 Å². The van der Waals surface area contributed by atoms with Crippen molar-refractivity contribution in [1.29, 1.82) is 5.26 Å². The average molecular weight is 322 g/mol. The van der Waals surface area contributed by atoms with Gasteiger partial charge in [-0.15, -0.1) is 0 Å². The summed E-state index contributed by atoms with van der Waals surface area (Å²) in [5.74, 6) is 0. The highest BCUT2D eigenvalue weighted by Crippen LogP contribution is 2.27. The number of aromatic amines is 1. The molecule has 0 aliphatic rings. The van der Waals surface area contributed by atoms with E-state index in [-0.39, 0.29) is 11.1 Å². The highest BCUT2D eigenvalue weighted by Gasteiger charge is 2.12. The summed E-state index contributed by atoms with van der Waals surface area (Å²) in [7, 11) is 0. The minimum Gasteiger partial charge on any atom is -0.321 e. The minimum absolute atomic E-state index is 0.135. The number of nitrogens with one attached hydrogen (secondary N) is 1. The lowest BCUT2D eigenvalue weighted by Gasteiger charge is -2.09. The molecule has 0 bridgehead atoms. The number of fused-ring (bicyclic) bond motifs is 1. The number of nitriles is 1. The molecule has 1 heterocycles. The average Bonchev–Trinajstić information content (AvgIpc) is 2.67. The molecule has 0 saturated carbocycles. The Morgan fingerprint density at radius 2 is 1.48 bits per heavy atom. The van der Waals surface area contributed by atoms with Crippen molar-refractivity contribution in [1.82, 2.24) is 4.98 Å². The molecular weight excluding hydrogens is 308 g/mol. The standard InChI is InChI=1S/C22H14N2O/c23-14-20-19(16-7-2-1-3-8-16)13-21(24-22(20)25)18-11-10-15-6-4-5-9-17(15)12-18/h1-13H,(H,24,25). The maximum Gasteiger partial charge on any atom is 0.266 e. The van der Waals surface area contributed by atoms with Crippen LogP contribution in [0.1, 0.15) is 5.56 Å². The predicted octanol–water partition coefficient (Wildman–Crippen LogP) is 4.73. The Bertz CT molecular complexity index is 1170. The first-order valence-electron chi connectivity index (χ1n) is 7.98. The third-order valence-corrected chi connectivity index (χ3v) is 4.29. The number of benzene rings is 3. The van der Waals surface area contributed by atoms with Crippen LogP contribution < -0.4 is 5.56 Å². The zero-order valence-corrected chi connectivity index (χ0v) is 13.4. The summed E-state index contributed by atoms with van der Waals surface area (Å²) < 4.78 is 0. The van der Waals surface area contributed by atoms with Gasteiger partial charge in [0.1, 0.15) is 11.6 Å². The fraction of sp³-hybridized carbons (Fsp3) is 0. The monoisotopic (exact) mass is 322 g/mol. The molecule has 0 unspecified atom stereocenters. The van der Waals surface area contributed by atoms with E-state index in [2.05, 4.69) is 11.1 Å². The number of hydrogen-bond acceptors (Lipinski definition) is 2. The lowest BCUT2D eigenvalue weighted by molar-refractivity contribution is 1.22. The largest absolute Gasteiger partial charge is 0.321 e. The fourth-order valence-electron chi connectivity index (χ4n) is 3.03. The van der Waals surface area contributed by atoms with Crippen LogP contribution in [0.25, 0.3) is 33.2 Å². The minimum atomic E-state index is -0.369. The Morgan fingerprint density at radius 1 is 0.760 bits per heavy atom. The van der Waals surface area contributed by atoms with E-state index in [0.717, 1.165) is 21.9 Å². The summed E-state index contributed by atoms with van der Waals surface area (Å²) >= 11 is 0. The van der Waals surface area contributed by atoms with E-state index in [1.165, 1.54) is 0 Å². The zero-order chi connectivity index (χ0) is 17.2. The lowest BCUT2D eigenvalue weighted by atomic mass is 9.98. The molecule has 3 nitrogen and oxygen atoms in total. The van der Waals surface area contributed by atoms with Gasteiger partial charge in [0.2, 0.25) is 0 Å². The number of aromatic nitrogens is 1. The maximum absolute atomic E-state index is 12.4. The second kappa shape index (κ2) is 6.10. The highest BCUT2D eigenvalue weighted by atomic mass is 16.1. The third kappa shape index (κ3) is 2.71. The van der Waals surface area contributed by atoms with Crippen LogP contribution in [-0.2, 0) is 0 Å². The molecule has 0 spiro atoms. The third-order valence-electron chi connectivity index (χ3n) is 4.29. The van der Waals surface area contributed by atoms with Crippen molar-refractivity contribution in [3.8, 4) is 28.5 Å². The van der Waals surface area contributed by atoms with E-state index >= 15 is 0 Å². The smallest absolute Gasteiger partial charge is 0.266 e. The van der Waals surface area contributed by atoms with Crippen molar-refractivity contribution in [2.45, 2.75) is 0 Å². The van der Waals surface area contributed by atoms with Gasteiger partial charge in [0, 0.05) is 11.3 Å². The summed E-state index contributed by atoms with van der Waals surface area (Å²) in [5.41, 5.74) is 2.89. The van der Waals surface area contributed by atoms with Crippen LogP contribution in [-0.4, -0.2) is 4.98 Å². The molecule has 0 radical (unpaired) electrons. The molecule has 3 aromatic carbocycles. The molecule has 0 atom stereocenters. The zero-order valence-electron chi connectivity index (χ0n) is 13.4. The molecule has 0 amide bonds. The first-order chi connectivity index (χ1) is 12.3. The van der Waals surface area contributed by atoms with Crippen molar-refractivity contribution in [3.63, 3.8) is 0 Å². The highest BCUT2D eigenvalue weighted by molar-refractivity contribution is 5.87. The molecular formula is C22H14N2O. The Labute approximate surface area is 144 Å². The first-order valence-corrected chi connectivity index (χ1v) is 7.98.